The molecule has 0 N–H and O–H groups in total. The maximum Gasteiger partial charge on any atom is 0.0541 e. The molecule has 0 atom stereocenters. The van der Waals surface area contributed by atoms with Gasteiger partial charge in [-0.3, -0.25) is 0 Å². The Kier molecular flexibility index (Phi) is 4.42. The van der Waals surface area contributed by atoms with Gasteiger partial charge in [0.15, 0.2) is 0 Å². The van der Waals surface area contributed by atoms with E-state index in [1.54, 1.807) is 0 Å². The van der Waals surface area contributed by atoms with Crippen molar-refractivity contribution in [3.63, 3.8) is 0 Å². The molecule has 0 spiro atoms. The van der Waals surface area contributed by atoms with Crippen molar-refractivity contribution in [2.75, 3.05) is 0 Å². The van der Waals surface area contributed by atoms with E-state index in [1.807, 2.05) is 0 Å². The molecule has 0 aliphatic heterocycles. The molecular weight excluding hydrogens is 338 g/mol. The van der Waals surface area contributed by atoms with Gasteiger partial charge in [-0.25, -0.2) is 0 Å². The average Bonchev–Trinajstić information content (AvgIpc) is 2.97. The van der Waals surface area contributed by atoms with Gasteiger partial charge >= 0.3 is 0 Å². The molecule has 0 radical (unpaired) electrons. The second-order valence-electron chi connectivity index (χ2n) is 8.14. The van der Waals surface area contributed by atoms with Gasteiger partial charge in [-0.15, -0.1) is 0 Å². The summed E-state index contributed by atoms with van der Waals surface area (Å²) in [4.78, 5) is 0. The molecule has 1 nitrogen and oxygen atoms in total. The van der Waals surface area contributed by atoms with Crippen molar-refractivity contribution in [1.29, 1.82) is 0 Å². The Labute approximate surface area is 168 Å². The Bertz CT molecular complexity index is 1210. The predicted octanol–water partition coefficient (Wildman–Crippen LogP) is 7.67. The fraction of sp³-hybridized carbons (Fsp3) is 0.259. The first kappa shape index (κ1) is 18.6. The third-order valence-corrected chi connectivity index (χ3v) is 6.28. The maximum absolute atomic E-state index is 2.48. The van der Waals surface area contributed by atoms with Crippen molar-refractivity contribution >= 4 is 27.9 Å². The Morgan fingerprint density at radius 1 is 0.643 bits per heavy atom. The Morgan fingerprint density at radius 3 is 1.68 bits per heavy atom. The largest absolute Gasteiger partial charge is 0.309 e. The van der Waals surface area contributed by atoms with Crippen LogP contribution in [-0.2, 0) is 0 Å². The zero-order chi connectivity index (χ0) is 20.2. The van der Waals surface area contributed by atoms with Crippen molar-refractivity contribution in [3.8, 4) is 5.69 Å². The number of nitrogens with zero attached hydrogens (tertiary/aromatic N) is 1. The SMILES string of the molecule is C/C=C/c1c(C)c(C)c(C)c(-n2c3ccc(C)cc3c3cc(C)ccc32)c1C. The summed E-state index contributed by atoms with van der Waals surface area (Å²) in [5.74, 6) is 0. The molecule has 0 bridgehead atoms. The normalized spacial score (nSPS) is 12.0. The van der Waals surface area contributed by atoms with E-state index >= 15 is 0 Å². The van der Waals surface area contributed by atoms with E-state index in [1.165, 1.54) is 66.4 Å². The Balaban J connectivity index is 2.25. The topological polar surface area (TPSA) is 4.93 Å². The third kappa shape index (κ3) is 2.61. The molecule has 0 aliphatic carbocycles. The van der Waals surface area contributed by atoms with Crippen LogP contribution in [0.4, 0.5) is 0 Å². The zero-order valence-electron chi connectivity index (χ0n) is 18.1. The summed E-state index contributed by atoms with van der Waals surface area (Å²) in [6.07, 6.45) is 4.40. The molecule has 28 heavy (non-hydrogen) atoms. The first-order valence-corrected chi connectivity index (χ1v) is 10.1. The summed E-state index contributed by atoms with van der Waals surface area (Å²) < 4.78 is 2.48. The molecule has 4 rings (SSSR count). The zero-order valence-corrected chi connectivity index (χ0v) is 18.1. The Morgan fingerprint density at radius 2 is 1.18 bits per heavy atom. The lowest BCUT2D eigenvalue weighted by Gasteiger charge is -2.21. The van der Waals surface area contributed by atoms with E-state index in [-0.39, 0.29) is 0 Å². The van der Waals surface area contributed by atoms with E-state index in [4.69, 9.17) is 0 Å². The minimum absolute atomic E-state index is 1.28. The van der Waals surface area contributed by atoms with Gasteiger partial charge in [0.05, 0.1) is 16.7 Å². The molecule has 0 amide bonds. The molecule has 1 aromatic heterocycles. The number of aromatic nitrogens is 1. The summed E-state index contributed by atoms with van der Waals surface area (Å²) in [6, 6.07) is 13.7. The second kappa shape index (κ2) is 6.67. The first-order chi connectivity index (χ1) is 13.3. The van der Waals surface area contributed by atoms with Gasteiger partial charge in [-0.1, -0.05) is 35.4 Å². The lowest BCUT2D eigenvalue weighted by atomic mass is 9.91. The third-order valence-electron chi connectivity index (χ3n) is 6.28. The fourth-order valence-corrected chi connectivity index (χ4v) is 4.59. The summed E-state index contributed by atoms with van der Waals surface area (Å²) in [5.41, 5.74) is 13.3. The fourth-order valence-electron chi connectivity index (χ4n) is 4.59. The van der Waals surface area contributed by atoms with Crippen molar-refractivity contribution in [2.24, 2.45) is 0 Å². The number of benzene rings is 3. The number of fused-ring (bicyclic) bond motifs is 3. The van der Waals surface area contributed by atoms with Gasteiger partial charge in [0, 0.05) is 10.8 Å². The highest BCUT2D eigenvalue weighted by molar-refractivity contribution is 6.10. The lowest BCUT2D eigenvalue weighted by Crippen LogP contribution is -2.06. The summed E-state index contributed by atoms with van der Waals surface area (Å²) in [6.45, 7) is 15.5. The number of aryl methyl sites for hydroxylation is 2. The summed E-state index contributed by atoms with van der Waals surface area (Å²) in [7, 11) is 0. The molecular formula is C27H29N. The van der Waals surface area contributed by atoms with Crippen LogP contribution in [0.3, 0.4) is 0 Å². The van der Waals surface area contributed by atoms with Gasteiger partial charge in [0.2, 0.25) is 0 Å². The molecule has 4 aromatic rings. The number of hydrogen-bond donors (Lipinski definition) is 0. The van der Waals surface area contributed by atoms with Crippen molar-refractivity contribution in [2.45, 2.75) is 48.5 Å². The first-order valence-electron chi connectivity index (χ1n) is 10.1. The van der Waals surface area contributed by atoms with Gasteiger partial charge in [0.1, 0.15) is 0 Å². The quantitative estimate of drug-likeness (QED) is 0.342. The maximum atomic E-state index is 2.48. The lowest BCUT2D eigenvalue weighted by molar-refractivity contribution is 1.08. The molecule has 0 unspecified atom stereocenters. The van der Waals surface area contributed by atoms with Crippen LogP contribution in [0.2, 0.25) is 0 Å². The minimum Gasteiger partial charge on any atom is -0.309 e. The van der Waals surface area contributed by atoms with Crippen LogP contribution < -0.4 is 0 Å². The minimum atomic E-state index is 1.28. The molecule has 0 saturated heterocycles. The van der Waals surface area contributed by atoms with E-state index < -0.39 is 0 Å². The smallest absolute Gasteiger partial charge is 0.0541 e. The average molecular weight is 368 g/mol. The second-order valence-corrected chi connectivity index (χ2v) is 8.14. The molecule has 1 heterocycles. The van der Waals surface area contributed by atoms with Crippen LogP contribution in [0, 0.1) is 41.5 Å². The van der Waals surface area contributed by atoms with Crippen molar-refractivity contribution < 1.29 is 0 Å². The molecule has 0 saturated carbocycles. The van der Waals surface area contributed by atoms with Crippen LogP contribution in [0.5, 0.6) is 0 Å². The highest BCUT2D eigenvalue weighted by atomic mass is 15.0. The van der Waals surface area contributed by atoms with Gasteiger partial charge in [-0.2, -0.15) is 0 Å². The predicted molar refractivity (Wildman–Crippen MR) is 124 cm³/mol. The van der Waals surface area contributed by atoms with Gasteiger partial charge in [0.25, 0.3) is 0 Å². The van der Waals surface area contributed by atoms with Gasteiger partial charge in [-0.05, 0) is 101 Å². The van der Waals surface area contributed by atoms with Crippen LogP contribution in [-0.4, -0.2) is 4.57 Å². The van der Waals surface area contributed by atoms with Crippen LogP contribution in [0.15, 0.2) is 42.5 Å². The molecule has 3 aromatic carbocycles. The number of rotatable bonds is 2. The highest BCUT2D eigenvalue weighted by Crippen LogP contribution is 2.38. The summed E-state index contributed by atoms with van der Waals surface area (Å²) >= 11 is 0. The van der Waals surface area contributed by atoms with E-state index in [2.05, 4.69) is 102 Å². The van der Waals surface area contributed by atoms with Crippen molar-refractivity contribution in [3.05, 3.63) is 81.4 Å². The molecule has 0 aliphatic rings. The van der Waals surface area contributed by atoms with Gasteiger partial charge < -0.3 is 4.57 Å². The monoisotopic (exact) mass is 367 g/mol. The highest BCUT2D eigenvalue weighted by Gasteiger charge is 2.19. The standard InChI is InChI=1S/C27H29N/c1-8-9-22-19(5)18(4)20(6)27(21(22)7)28-25-12-10-16(2)14-23(25)24-15-17(3)11-13-26(24)28/h8-15H,1-7H3/b9-8+. The molecule has 0 fully saturated rings. The van der Waals surface area contributed by atoms with E-state index in [0.717, 1.165) is 0 Å². The van der Waals surface area contributed by atoms with Crippen LogP contribution >= 0.6 is 0 Å². The van der Waals surface area contributed by atoms with E-state index in [0.29, 0.717) is 0 Å². The Hall–Kier alpha value is -2.80. The number of hydrogen-bond acceptors (Lipinski definition) is 0. The summed E-state index contributed by atoms with van der Waals surface area (Å²) in [5, 5.41) is 2.67. The van der Waals surface area contributed by atoms with Crippen LogP contribution in [0.25, 0.3) is 33.6 Å². The molecule has 142 valence electrons. The number of allylic oxidation sites excluding steroid dienone is 1. The molecule has 1 heteroatoms. The van der Waals surface area contributed by atoms with Crippen LogP contribution in [0.1, 0.15) is 45.9 Å². The van der Waals surface area contributed by atoms with Crippen molar-refractivity contribution in [1.82, 2.24) is 4.57 Å². The van der Waals surface area contributed by atoms with E-state index in [9.17, 15) is 0 Å².